The van der Waals surface area contributed by atoms with Gasteiger partial charge in [-0.05, 0) is 73.6 Å². The molecule has 0 atom stereocenters. The fourth-order valence-electron chi connectivity index (χ4n) is 4.74. The molecule has 2 saturated heterocycles. The fraction of sp³-hybridized carbons (Fsp3) is 1.00. The van der Waals surface area contributed by atoms with Crippen LogP contribution in [0.25, 0.3) is 0 Å². The number of hydrogen-bond acceptors (Lipinski definition) is 2. The van der Waals surface area contributed by atoms with Gasteiger partial charge in [0.1, 0.15) is 0 Å². The summed E-state index contributed by atoms with van der Waals surface area (Å²) in [4.78, 5) is 0. The van der Waals surface area contributed by atoms with Gasteiger partial charge in [0.15, 0.2) is 0 Å². The maximum atomic E-state index is 3.98. The lowest BCUT2D eigenvalue weighted by Gasteiger charge is -2.57. The zero-order valence-corrected chi connectivity index (χ0v) is 12.5. The maximum Gasteiger partial charge on any atom is 0.0221 e. The van der Waals surface area contributed by atoms with Gasteiger partial charge in [0.25, 0.3) is 0 Å². The highest BCUT2D eigenvalue weighted by molar-refractivity contribution is 5.11. The summed E-state index contributed by atoms with van der Waals surface area (Å²) in [5, 5.41) is 7.77. The van der Waals surface area contributed by atoms with Crippen LogP contribution in [0.4, 0.5) is 0 Å². The van der Waals surface area contributed by atoms with Crippen molar-refractivity contribution < 1.29 is 0 Å². The van der Waals surface area contributed by atoms with E-state index in [1.54, 1.807) is 0 Å². The third-order valence-electron chi connectivity index (χ3n) is 4.30. The standard InChI is InChI=1S/C15H30N2/c1-12(2)8-7-9-15(17-12)10-13(3,4)16-14(5,6)11-15/h16-17H,7-11H2,1-6H3. The van der Waals surface area contributed by atoms with Gasteiger partial charge in [0.2, 0.25) is 0 Å². The molecule has 2 aliphatic heterocycles. The molecule has 0 aliphatic carbocycles. The Morgan fingerprint density at radius 3 is 1.65 bits per heavy atom. The van der Waals surface area contributed by atoms with Gasteiger partial charge < -0.3 is 10.6 Å². The molecule has 0 aromatic carbocycles. The van der Waals surface area contributed by atoms with E-state index >= 15 is 0 Å². The Labute approximate surface area is 107 Å². The second-order valence-corrected chi connectivity index (χ2v) is 8.39. The predicted molar refractivity (Wildman–Crippen MR) is 74.3 cm³/mol. The van der Waals surface area contributed by atoms with Gasteiger partial charge in [-0.25, -0.2) is 0 Å². The van der Waals surface area contributed by atoms with Crippen LogP contribution >= 0.6 is 0 Å². The summed E-state index contributed by atoms with van der Waals surface area (Å²) in [5.41, 5.74) is 1.13. The molecule has 2 N–H and O–H groups in total. The van der Waals surface area contributed by atoms with Crippen molar-refractivity contribution in [2.24, 2.45) is 0 Å². The first kappa shape index (κ1) is 13.4. The van der Waals surface area contributed by atoms with Crippen molar-refractivity contribution in [3.05, 3.63) is 0 Å². The number of hydrogen-bond donors (Lipinski definition) is 2. The van der Waals surface area contributed by atoms with Gasteiger partial charge in [-0.15, -0.1) is 0 Å². The molecule has 2 aliphatic rings. The Morgan fingerprint density at radius 1 is 0.647 bits per heavy atom. The average Bonchev–Trinajstić information content (AvgIpc) is 1.91. The molecular formula is C15H30N2. The van der Waals surface area contributed by atoms with Crippen molar-refractivity contribution in [2.75, 3.05) is 0 Å². The quantitative estimate of drug-likeness (QED) is 0.677. The molecule has 0 bridgehead atoms. The lowest BCUT2D eigenvalue weighted by molar-refractivity contribution is 0.0300. The molecule has 100 valence electrons. The minimum Gasteiger partial charge on any atom is -0.307 e. The molecule has 0 radical (unpaired) electrons. The summed E-state index contributed by atoms with van der Waals surface area (Å²) in [5.74, 6) is 0. The van der Waals surface area contributed by atoms with E-state index in [0.717, 1.165) is 0 Å². The smallest absolute Gasteiger partial charge is 0.0221 e. The number of piperidine rings is 2. The van der Waals surface area contributed by atoms with Crippen molar-refractivity contribution in [3.8, 4) is 0 Å². The van der Waals surface area contributed by atoms with Gasteiger partial charge in [-0.3, -0.25) is 0 Å². The van der Waals surface area contributed by atoms with Crippen LogP contribution in [0.1, 0.15) is 73.6 Å². The van der Waals surface area contributed by atoms with Crippen molar-refractivity contribution in [2.45, 2.75) is 95.8 Å². The van der Waals surface area contributed by atoms with Crippen LogP contribution in [0, 0.1) is 0 Å². The van der Waals surface area contributed by atoms with Crippen LogP contribution in [0.3, 0.4) is 0 Å². The van der Waals surface area contributed by atoms with Gasteiger partial charge in [-0.2, -0.15) is 0 Å². The molecule has 2 heteroatoms. The minimum atomic E-state index is 0.238. The summed E-state index contributed by atoms with van der Waals surface area (Å²) in [6.45, 7) is 14.1. The van der Waals surface area contributed by atoms with Gasteiger partial charge >= 0.3 is 0 Å². The zero-order chi connectivity index (χ0) is 12.9. The minimum absolute atomic E-state index is 0.238. The average molecular weight is 238 g/mol. The van der Waals surface area contributed by atoms with Crippen LogP contribution in [0.2, 0.25) is 0 Å². The third kappa shape index (κ3) is 3.03. The molecule has 1 spiro atoms. The van der Waals surface area contributed by atoms with Gasteiger partial charge in [0, 0.05) is 22.2 Å². The van der Waals surface area contributed by atoms with Gasteiger partial charge in [-0.1, -0.05) is 0 Å². The molecule has 17 heavy (non-hydrogen) atoms. The SMILES string of the molecule is CC1(C)CC2(CCCC(C)(C)N2)CC(C)(C)N1. The Balaban J connectivity index is 2.24. The van der Waals surface area contributed by atoms with E-state index < -0.39 is 0 Å². The van der Waals surface area contributed by atoms with Crippen molar-refractivity contribution in [1.82, 2.24) is 10.6 Å². The molecule has 0 saturated carbocycles. The second-order valence-electron chi connectivity index (χ2n) is 8.39. The largest absolute Gasteiger partial charge is 0.307 e. The molecule has 0 unspecified atom stereocenters. The van der Waals surface area contributed by atoms with E-state index in [4.69, 9.17) is 0 Å². The first-order valence-corrected chi connectivity index (χ1v) is 7.12. The Morgan fingerprint density at radius 2 is 1.18 bits per heavy atom. The fourth-order valence-corrected chi connectivity index (χ4v) is 4.74. The Hall–Kier alpha value is -0.0800. The van der Waals surface area contributed by atoms with Crippen molar-refractivity contribution in [3.63, 3.8) is 0 Å². The van der Waals surface area contributed by atoms with Crippen molar-refractivity contribution >= 4 is 0 Å². The molecular weight excluding hydrogens is 208 g/mol. The van der Waals surface area contributed by atoms with Crippen LogP contribution in [-0.4, -0.2) is 22.2 Å². The molecule has 0 aromatic rings. The van der Waals surface area contributed by atoms with E-state index in [2.05, 4.69) is 52.2 Å². The Kier molecular flexibility index (Phi) is 2.91. The normalized spacial score (nSPS) is 33.5. The highest BCUT2D eigenvalue weighted by Crippen LogP contribution is 2.43. The lowest BCUT2D eigenvalue weighted by Crippen LogP contribution is -2.71. The third-order valence-corrected chi connectivity index (χ3v) is 4.30. The number of rotatable bonds is 0. The summed E-state index contributed by atoms with van der Waals surface area (Å²) in [6, 6.07) is 0. The molecule has 0 amide bonds. The van der Waals surface area contributed by atoms with E-state index in [1.165, 1.54) is 32.1 Å². The van der Waals surface area contributed by atoms with Crippen LogP contribution in [0.15, 0.2) is 0 Å². The first-order chi connectivity index (χ1) is 7.54. The molecule has 2 rings (SSSR count). The topological polar surface area (TPSA) is 24.1 Å². The molecule has 2 nitrogen and oxygen atoms in total. The highest BCUT2D eigenvalue weighted by atomic mass is 15.1. The molecule has 2 fully saturated rings. The summed E-state index contributed by atoms with van der Waals surface area (Å²) in [7, 11) is 0. The van der Waals surface area contributed by atoms with E-state index in [9.17, 15) is 0 Å². The highest BCUT2D eigenvalue weighted by Gasteiger charge is 2.49. The summed E-state index contributed by atoms with van der Waals surface area (Å²) >= 11 is 0. The van der Waals surface area contributed by atoms with Crippen LogP contribution in [-0.2, 0) is 0 Å². The van der Waals surface area contributed by atoms with Crippen LogP contribution < -0.4 is 10.6 Å². The van der Waals surface area contributed by atoms with Crippen molar-refractivity contribution in [1.29, 1.82) is 0 Å². The predicted octanol–water partition coefficient (Wildman–Crippen LogP) is 3.22. The summed E-state index contributed by atoms with van der Waals surface area (Å²) < 4.78 is 0. The molecule has 2 heterocycles. The second kappa shape index (κ2) is 3.71. The van der Waals surface area contributed by atoms with E-state index in [-0.39, 0.29) is 11.1 Å². The number of nitrogens with one attached hydrogen (secondary N) is 2. The van der Waals surface area contributed by atoms with Gasteiger partial charge in [0.05, 0.1) is 0 Å². The van der Waals surface area contributed by atoms with E-state index in [0.29, 0.717) is 11.1 Å². The monoisotopic (exact) mass is 238 g/mol. The molecule has 0 aromatic heterocycles. The first-order valence-electron chi connectivity index (χ1n) is 7.12. The maximum absolute atomic E-state index is 3.98. The van der Waals surface area contributed by atoms with Crippen LogP contribution in [0.5, 0.6) is 0 Å². The summed E-state index contributed by atoms with van der Waals surface area (Å²) in [6.07, 6.45) is 6.50. The van der Waals surface area contributed by atoms with E-state index in [1.807, 2.05) is 0 Å². The zero-order valence-electron chi connectivity index (χ0n) is 12.5. The Bertz CT molecular complexity index is 281. The lowest BCUT2D eigenvalue weighted by atomic mass is 9.65.